The van der Waals surface area contributed by atoms with Crippen LogP contribution in [0.5, 0.6) is 0 Å². The highest BCUT2D eigenvalue weighted by atomic mass is 32.2. The third-order valence-corrected chi connectivity index (χ3v) is 5.34. The van der Waals surface area contributed by atoms with Crippen molar-refractivity contribution in [3.63, 3.8) is 0 Å². The van der Waals surface area contributed by atoms with E-state index in [2.05, 4.69) is 33.2 Å². The first-order valence-electron chi connectivity index (χ1n) is 7.90. The molecule has 0 aromatic carbocycles. The molecule has 0 saturated carbocycles. The van der Waals surface area contributed by atoms with Crippen molar-refractivity contribution in [1.29, 1.82) is 0 Å². The second-order valence-corrected chi connectivity index (χ2v) is 7.53. The van der Waals surface area contributed by atoms with Gasteiger partial charge >= 0.3 is 0 Å². The molecule has 0 amide bonds. The summed E-state index contributed by atoms with van der Waals surface area (Å²) in [5, 5.41) is 4.09. The van der Waals surface area contributed by atoms with Crippen molar-refractivity contribution < 1.29 is 8.42 Å². The highest BCUT2D eigenvalue weighted by molar-refractivity contribution is 7.89. The van der Waals surface area contributed by atoms with Crippen molar-refractivity contribution in [2.24, 2.45) is 0 Å². The zero-order valence-corrected chi connectivity index (χ0v) is 15.0. The van der Waals surface area contributed by atoms with Gasteiger partial charge in [0.2, 0.25) is 10.0 Å². The molecule has 128 valence electrons. The minimum absolute atomic E-state index is 0.254. The smallest absolute Gasteiger partial charge is 0.243 e. The summed E-state index contributed by atoms with van der Waals surface area (Å²) in [6.45, 7) is 9.66. The Hall–Kier alpha value is -1.67. The molecule has 2 rings (SSSR count). The van der Waals surface area contributed by atoms with Gasteiger partial charge in [0.15, 0.2) is 0 Å². The van der Waals surface area contributed by atoms with Gasteiger partial charge in [0.25, 0.3) is 0 Å². The highest BCUT2D eigenvalue weighted by Crippen LogP contribution is 2.14. The van der Waals surface area contributed by atoms with Gasteiger partial charge < -0.3 is 4.57 Å². The lowest BCUT2D eigenvalue weighted by Crippen LogP contribution is -2.26. The molecule has 2 aromatic rings. The van der Waals surface area contributed by atoms with E-state index in [4.69, 9.17) is 0 Å². The van der Waals surface area contributed by atoms with Gasteiger partial charge in [0, 0.05) is 37.9 Å². The number of aryl methyl sites for hydroxylation is 2. The van der Waals surface area contributed by atoms with Crippen molar-refractivity contribution in [3.8, 4) is 0 Å². The SMILES string of the molecule is CCn1ncc(S(=O)(=O)NCCCn2ccnc2C(C)C)c1C. The topological polar surface area (TPSA) is 81.8 Å². The Labute approximate surface area is 137 Å². The molecule has 2 heterocycles. The summed E-state index contributed by atoms with van der Waals surface area (Å²) in [6, 6.07) is 0. The van der Waals surface area contributed by atoms with Gasteiger partial charge in [-0.2, -0.15) is 5.10 Å². The fourth-order valence-electron chi connectivity index (χ4n) is 2.56. The van der Waals surface area contributed by atoms with E-state index in [1.54, 1.807) is 17.8 Å². The molecule has 8 heteroatoms. The maximum Gasteiger partial charge on any atom is 0.243 e. The molecule has 0 bridgehead atoms. The highest BCUT2D eigenvalue weighted by Gasteiger charge is 2.19. The van der Waals surface area contributed by atoms with E-state index in [0.717, 1.165) is 12.4 Å². The van der Waals surface area contributed by atoms with Crippen LogP contribution in [0.2, 0.25) is 0 Å². The Bertz CT molecular complexity index is 746. The Balaban J connectivity index is 1.92. The van der Waals surface area contributed by atoms with Gasteiger partial charge in [-0.25, -0.2) is 18.1 Å². The second-order valence-electron chi connectivity index (χ2n) is 5.79. The van der Waals surface area contributed by atoms with Gasteiger partial charge in [-0.05, 0) is 20.3 Å². The number of rotatable bonds is 8. The summed E-state index contributed by atoms with van der Waals surface area (Å²) in [7, 11) is -3.51. The number of imidazole rings is 1. The van der Waals surface area contributed by atoms with Crippen molar-refractivity contribution in [3.05, 3.63) is 30.1 Å². The third kappa shape index (κ3) is 4.00. The zero-order chi connectivity index (χ0) is 17.0. The third-order valence-electron chi connectivity index (χ3n) is 3.78. The van der Waals surface area contributed by atoms with Crippen molar-refractivity contribution in [2.75, 3.05) is 6.54 Å². The summed E-state index contributed by atoms with van der Waals surface area (Å²) in [4.78, 5) is 4.58. The molecule has 23 heavy (non-hydrogen) atoms. The van der Waals surface area contributed by atoms with Gasteiger partial charge in [-0.1, -0.05) is 13.8 Å². The molecule has 1 N–H and O–H groups in total. The Morgan fingerprint density at radius 3 is 2.70 bits per heavy atom. The van der Waals surface area contributed by atoms with Crippen molar-refractivity contribution in [2.45, 2.75) is 58.0 Å². The summed E-state index contributed by atoms with van der Waals surface area (Å²) in [5.41, 5.74) is 0.664. The maximum atomic E-state index is 12.3. The Kier molecular flexibility index (Phi) is 5.59. The molecule has 0 aliphatic rings. The Morgan fingerprint density at radius 2 is 2.09 bits per heavy atom. The van der Waals surface area contributed by atoms with E-state index in [-0.39, 0.29) is 4.90 Å². The van der Waals surface area contributed by atoms with Crippen LogP contribution in [-0.2, 0) is 23.1 Å². The van der Waals surface area contributed by atoms with Gasteiger partial charge in [-0.3, -0.25) is 4.68 Å². The lowest BCUT2D eigenvalue weighted by atomic mass is 10.2. The number of hydrogen-bond acceptors (Lipinski definition) is 4. The minimum Gasteiger partial charge on any atom is -0.335 e. The van der Waals surface area contributed by atoms with Crippen LogP contribution >= 0.6 is 0 Å². The quantitative estimate of drug-likeness (QED) is 0.745. The number of aromatic nitrogens is 4. The number of sulfonamides is 1. The number of nitrogens with one attached hydrogen (secondary N) is 1. The van der Waals surface area contributed by atoms with Crippen LogP contribution in [0.4, 0.5) is 0 Å². The Morgan fingerprint density at radius 1 is 1.35 bits per heavy atom. The van der Waals surface area contributed by atoms with Crippen molar-refractivity contribution >= 4 is 10.0 Å². The maximum absolute atomic E-state index is 12.3. The average Bonchev–Trinajstić information content (AvgIpc) is 3.10. The van der Waals surface area contributed by atoms with Crippen LogP contribution in [0.3, 0.4) is 0 Å². The monoisotopic (exact) mass is 339 g/mol. The number of hydrogen-bond donors (Lipinski definition) is 1. The minimum atomic E-state index is -3.51. The van der Waals surface area contributed by atoms with E-state index in [0.29, 0.717) is 31.1 Å². The van der Waals surface area contributed by atoms with Crippen LogP contribution in [0.25, 0.3) is 0 Å². The van der Waals surface area contributed by atoms with Crippen LogP contribution in [0, 0.1) is 6.92 Å². The largest absolute Gasteiger partial charge is 0.335 e. The molecular weight excluding hydrogens is 314 g/mol. The lowest BCUT2D eigenvalue weighted by molar-refractivity contribution is 0.558. The fraction of sp³-hybridized carbons (Fsp3) is 0.600. The molecule has 0 aliphatic carbocycles. The number of nitrogens with zero attached hydrogens (tertiary/aromatic N) is 4. The molecule has 0 fully saturated rings. The standard InChI is InChI=1S/C15H25N5O2S/c1-5-20-13(4)14(11-17-20)23(21,22)18-7-6-9-19-10-8-16-15(19)12(2)3/h8,10-12,18H,5-7,9H2,1-4H3. The lowest BCUT2D eigenvalue weighted by Gasteiger charge is -2.11. The molecule has 7 nitrogen and oxygen atoms in total. The van der Waals surface area contributed by atoms with Gasteiger partial charge in [-0.15, -0.1) is 0 Å². The van der Waals surface area contributed by atoms with E-state index in [1.165, 1.54) is 6.20 Å². The molecule has 2 aromatic heterocycles. The van der Waals surface area contributed by atoms with Crippen LogP contribution in [-0.4, -0.2) is 34.3 Å². The normalized spacial score (nSPS) is 12.2. The van der Waals surface area contributed by atoms with Gasteiger partial charge in [0.1, 0.15) is 10.7 Å². The molecule has 0 radical (unpaired) electrons. The second kappa shape index (κ2) is 7.27. The van der Waals surface area contributed by atoms with Crippen LogP contribution < -0.4 is 4.72 Å². The molecule has 0 aliphatic heterocycles. The fourth-order valence-corrected chi connectivity index (χ4v) is 3.80. The summed E-state index contributed by atoms with van der Waals surface area (Å²) in [5.74, 6) is 1.37. The summed E-state index contributed by atoms with van der Waals surface area (Å²) >= 11 is 0. The van der Waals surface area contributed by atoms with Crippen molar-refractivity contribution in [1.82, 2.24) is 24.1 Å². The average molecular weight is 339 g/mol. The van der Waals surface area contributed by atoms with E-state index in [1.807, 2.05) is 13.1 Å². The zero-order valence-electron chi connectivity index (χ0n) is 14.2. The van der Waals surface area contributed by atoms with E-state index >= 15 is 0 Å². The summed E-state index contributed by atoms with van der Waals surface area (Å²) in [6.07, 6.45) is 5.82. The molecule has 0 saturated heterocycles. The van der Waals surface area contributed by atoms with Crippen LogP contribution in [0.15, 0.2) is 23.5 Å². The first kappa shape index (κ1) is 17.7. The van der Waals surface area contributed by atoms with E-state index < -0.39 is 10.0 Å². The molecule has 0 spiro atoms. The first-order valence-corrected chi connectivity index (χ1v) is 9.38. The first-order chi connectivity index (χ1) is 10.9. The molecule has 0 atom stereocenters. The summed E-state index contributed by atoms with van der Waals surface area (Å²) < 4.78 is 31.1. The molecular formula is C15H25N5O2S. The van der Waals surface area contributed by atoms with Crippen LogP contribution in [0.1, 0.15) is 44.6 Å². The van der Waals surface area contributed by atoms with E-state index in [9.17, 15) is 8.42 Å². The van der Waals surface area contributed by atoms with Gasteiger partial charge in [0.05, 0.1) is 11.9 Å². The molecule has 0 unspecified atom stereocenters. The predicted octanol–water partition coefficient (Wildman–Crippen LogP) is 1.90. The predicted molar refractivity (Wildman–Crippen MR) is 88.8 cm³/mol.